The van der Waals surface area contributed by atoms with Crippen LogP contribution in [0.1, 0.15) is 25.8 Å². The van der Waals surface area contributed by atoms with E-state index in [0.29, 0.717) is 0 Å². The third-order valence-electron chi connectivity index (χ3n) is 4.01. The molecule has 3 rings (SSSR count). The summed E-state index contributed by atoms with van der Waals surface area (Å²) in [7, 11) is 0. The van der Waals surface area contributed by atoms with Gasteiger partial charge in [0.05, 0.1) is 17.5 Å². The van der Waals surface area contributed by atoms with E-state index in [0.717, 1.165) is 48.6 Å². The first-order chi connectivity index (χ1) is 12.7. The van der Waals surface area contributed by atoms with Crippen molar-refractivity contribution in [2.24, 2.45) is 0 Å². The van der Waals surface area contributed by atoms with Crippen LogP contribution in [0.3, 0.4) is 0 Å². The molecule has 0 aliphatic rings. The molecule has 5 heteroatoms. The van der Waals surface area contributed by atoms with E-state index in [9.17, 15) is 0 Å². The first-order valence-electron chi connectivity index (χ1n) is 9.10. The summed E-state index contributed by atoms with van der Waals surface area (Å²) in [6, 6.07) is 14.2. The Hall–Kier alpha value is -2.50. The van der Waals surface area contributed by atoms with Gasteiger partial charge in [-0.15, -0.1) is 0 Å². The van der Waals surface area contributed by atoms with Crippen molar-refractivity contribution in [1.82, 2.24) is 20.1 Å². The minimum Gasteiger partial charge on any atom is -0.379 e. The standard InChI is InChI=1S/C21H26N4O/c1-17(2)26-13-7-12-23-15-19-16-25(20-9-4-3-5-10-20)24-21(19)18-8-6-11-22-14-18/h3-6,8-11,14,16-17,23H,7,12-13,15H2,1-2H3. The lowest BCUT2D eigenvalue weighted by molar-refractivity contribution is 0.0770. The van der Waals surface area contributed by atoms with Gasteiger partial charge in [-0.3, -0.25) is 4.98 Å². The van der Waals surface area contributed by atoms with Crippen molar-refractivity contribution in [2.45, 2.75) is 32.9 Å². The molecule has 5 nitrogen and oxygen atoms in total. The minimum atomic E-state index is 0.288. The normalized spacial score (nSPS) is 11.2. The van der Waals surface area contributed by atoms with Gasteiger partial charge in [-0.1, -0.05) is 18.2 Å². The van der Waals surface area contributed by atoms with Crippen LogP contribution in [-0.4, -0.2) is 34.0 Å². The molecule has 0 radical (unpaired) electrons. The van der Waals surface area contributed by atoms with Gasteiger partial charge in [0.15, 0.2) is 0 Å². The summed E-state index contributed by atoms with van der Waals surface area (Å²) in [4.78, 5) is 4.24. The second kappa shape index (κ2) is 9.27. The topological polar surface area (TPSA) is 52.0 Å². The lowest BCUT2D eigenvalue weighted by atomic mass is 10.1. The molecule has 0 fully saturated rings. The first kappa shape index (κ1) is 18.3. The van der Waals surface area contributed by atoms with Crippen molar-refractivity contribution in [2.75, 3.05) is 13.2 Å². The Morgan fingerprint density at radius 3 is 2.69 bits per heavy atom. The van der Waals surface area contributed by atoms with Crippen LogP contribution in [0.25, 0.3) is 16.9 Å². The van der Waals surface area contributed by atoms with Gasteiger partial charge in [0, 0.05) is 42.9 Å². The fourth-order valence-corrected chi connectivity index (χ4v) is 2.74. The SMILES string of the molecule is CC(C)OCCCNCc1cn(-c2ccccc2)nc1-c1cccnc1. The van der Waals surface area contributed by atoms with E-state index in [2.05, 4.69) is 42.5 Å². The van der Waals surface area contributed by atoms with E-state index in [1.54, 1.807) is 6.20 Å². The van der Waals surface area contributed by atoms with Crippen LogP contribution < -0.4 is 5.32 Å². The number of rotatable bonds is 9. The van der Waals surface area contributed by atoms with Gasteiger partial charge in [0.1, 0.15) is 0 Å². The number of ether oxygens (including phenoxy) is 1. The van der Waals surface area contributed by atoms with Gasteiger partial charge in [-0.25, -0.2) is 4.68 Å². The maximum Gasteiger partial charge on any atom is 0.0988 e. The zero-order valence-corrected chi connectivity index (χ0v) is 15.4. The summed E-state index contributed by atoms with van der Waals surface area (Å²) in [5.41, 5.74) is 4.20. The van der Waals surface area contributed by atoms with Crippen LogP contribution in [0.4, 0.5) is 0 Å². The molecule has 0 saturated carbocycles. The molecular formula is C21H26N4O. The molecule has 0 aliphatic heterocycles. The van der Waals surface area contributed by atoms with Crippen molar-refractivity contribution in [1.29, 1.82) is 0 Å². The third-order valence-corrected chi connectivity index (χ3v) is 4.01. The zero-order chi connectivity index (χ0) is 18.2. The number of nitrogens with one attached hydrogen (secondary N) is 1. The highest BCUT2D eigenvalue weighted by molar-refractivity contribution is 5.62. The van der Waals surface area contributed by atoms with Crippen LogP contribution >= 0.6 is 0 Å². The zero-order valence-electron chi connectivity index (χ0n) is 15.4. The highest BCUT2D eigenvalue weighted by Gasteiger charge is 2.12. The van der Waals surface area contributed by atoms with Crippen LogP contribution in [0, 0.1) is 0 Å². The molecule has 0 saturated heterocycles. The highest BCUT2D eigenvalue weighted by atomic mass is 16.5. The Bertz CT molecular complexity index is 784. The second-order valence-corrected chi connectivity index (χ2v) is 6.47. The molecule has 136 valence electrons. The van der Waals surface area contributed by atoms with E-state index in [4.69, 9.17) is 9.84 Å². The molecule has 26 heavy (non-hydrogen) atoms. The summed E-state index contributed by atoms with van der Waals surface area (Å²) >= 11 is 0. The van der Waals surface area contributed by atoms with E-state index in [-0.39, 0.29) is 6.10 Å². The largest absolute Gasteiger partial charge is 0.379 e. The Labute approximate surface area is 155 Å². The van der Waals surface area contributed by atoms with E-state index in [1.165, 1.54) is 0 Å². The Balaban J connectivity index is 1.72. The van der Waals surface area contributed by atoms with Gasteiger partial charge in [-0.05, 0) is 51.1 Å². The fraction of sp³-hybridized carbons (Fsp3) is 0.333. The van der Waals surface area contributed by atoms with Gasteiger partial charge >= 0.3 is 0 Å². The molecule has 2 aromatic heterocycles. The van der Waals surface area contributed by atoms with Gasteiger partial charge in [0.2, 0.25) is 0 Å². The van der Waals surface area contributed by atoms with Gasteiger partial charge in [0.25, 0.3) is 0 Å². The minimum absolute atomic E-state index is 0.288. The number of pyridine rings is 1. The molecule has 1 aromatic carbocycles. The Kier molecular flexibility index (Phi) is 6.52. The van der Waals surface area contributed by atoms with Gasteiger partial charge in [-0.2, -0.15) is 5.10 Å². The molecule has 0 unspecified atom stereocenters. The predicted molar refractivity (Wildman–Crippen MR) is 104 cm³/mol. The molecule has 0 spiro atoms. The summed E-state index contributed by atoms with van der Waals surface area (Å²) < 4.78 is 7.52. The number of hydrogen-bond acceptors (Lipinski definition) is 4. The summed E-state index contributed by atoms with van der Waals surface area (Å²) in [6.45, 7) is 6.58. The fourth-order valence-electron chi connectivity index (χ4n) is 2.74. The Morgan fingerprint density at radius 1 is 1.12 bits per heavy atom. The average Bonchev–Trinajstić information content (AvgIpc) is 3.10. The second-order valence-electron chi connectivity index (χ2n) is 6.47. The molecule has 1 N–H and O–H groups in total. The Morgan fingerprint density at radius 2 is 1.96 bits per heavy atom. The number of para-hydroxylation sites is 1. The molecule has 0 aliphatic carbocycles. The predicted octanol–water partition coefficient (Wildman–Crippen LogP) is 3.84. The maximum atomic E-state index is 5.58. The van der Waals surface area contributed by atoms with Crippen LogP contribution in [-0.2, 0) is 11.3 Å². The number of nitrogens with zero attached hydrogens (tertiary/aromatic N) is 3. The molecule has 0 bridgehead atoms. The third kappa shape index (κ3) is 5.00. The molecular weight excluding hydrogens is 324 g/mol. The smallest absolute Gasteiger partial charge is 0.0988 e. The molecule has 0 atom stereocenters. The maximum absolute atomic E-state index is 5.58. The molecule has 2 heterocycles. The van der Waals surface area contributed by atoms with Crippen LogP contribution in [0.15, 0.2) is 61.1 Å². The van der Waals surface area contributed by atoms with Crippen molar-refractivity contribution < 1.29 is 4.74 Å². The summed E-state index contributed by atoms with van der Waals surface area (Å²) in [6.07, 6.45) is 7.01. The van der Waals surface area contributed by atoms with Crippen molar-refractivity contribution in [3.05, 3.63) is 66.6 Å². The number of hydrogen-bond donors (Lipinski definition) is 1. The average molecular weight is 350 g/mol. The van der Waals surface area contributed by atoms with Crippen molar-refractivity contribution in [3.8, 4) is 16.9 Å². The highest BCUT2D eigenvalue weighted by Crippen LogP contribution is 2.22. The van der Waals surface area contributed by atoms with Crippen molar-refractivity contribution >= 4 is 0 Å². The lowest BCUT2D eigenvalue weighted by Gasteiger charge is -2.08. The number of benzene rings is 1. The summed E-state index contributed by atoms with van der Waals surface area (Å²) in [5.74, 6) is 0. The number of aromatic nitrogens is 3. The van der Waals surface area contributed by atoms with E-state index < -0.39 is 0 Å². The van der Waals surface area contributed by atoms with Crippen LogP contribution in [0.2, 0.25) is 0 Å². The van der Waals surface area contributed by atoms with E-state index >= 15 is 0 Å². The monoisotopic (exact) mass is 350 g/mol. The summed E-state index contributed by atoms with van der Waals surface area (Å²) in [5, 5.41) is 8.30. The lowest BCUT2D eigenvalue weighted by Crippen LogP contribution is -2.17. The molecule has 0 amide bonds. The molecule has 3 aromatic rings. The van der Waals surface area contributed by atoms with E-state index in [1.807, 2.05) is 41.2 Å². The van der Waals surface area contributed by atoms with Crippen LogP contribution in [0.5, 0.6) is 0 Å². The van der Waals surface area contributed by atoms with Gasteiger partial charge < -0.3 is 10.1 Å². The van der Waals surface area contributed by atoms with Crippen molar-refractivity contribution in [3.63, 3.8) is 0 Å². The quantitative estimate of drug-likeness (QED) is 0.596. The first-order valence-corrected chi connectivity index (χ1v) is 9.10.